The first-order chi connectivity index (χ1) is 6.22. The Kier molecular flexibility index (Phi) is 6.28. The molecule has 0 radical (unpaired) electrons. The summed E-state index contributed by atoms with van der Waals surface area (Å²) < 4.78 is 5.14. The second-order valence-electron chi connectivity index (χ2n) is 3.15. The van der Waals surface area contributed by atoms with Gasteiger partial charge in [0.05, 0.1) is 12.9 Å². The summed E-state index contributed by atoms with van der Waals surface area (Å²) in [7, 11) is 0. The minimum absolute atomic E-state index is 0. The van der Waals surface area contributed by atoms with Crippen molar-refractivity contribution in [3.05, 3.63) is 29.7 Å². The van der Waals surface area contributed by atoms with Crippen molar-refractivity contribution in [1.29, 1.82) is 0 Å². The maximum atomic E-state index is 8.73. The molecule has 0 aromatic carbocycles. The number of furan rings is 1. The van der Waals surface area contributed by atoms with E-state index in [9.17, 15) is 0 Å². The van der Waals surface area contributed by atoms with E-state index in [1.165, 1.54) is 0 Å². The molecule has 0 saturated carbocycles. The number of hydrogen-bond donors (Lipinski definition) is 2. The quantitative estimate of drug-likeness (QED) is 0.809. The first-order valence-electron chi connectivity index (χ1n) is 4.29. The zero-order chi connectivity index (χ0) is 9.68. The van der Waals surface area contributed by atoms with E-state index in [1.54, 1.807) is 6.26 Å². The third-order valence-electron chi connectivity index (χ3n) is 1.75. The lowest BCUT2D eigenvalue weighted by atomic mass is 10.1. The molecule has 0 aliphatic rings. The Balaban J connectivity index is 0.00000169. The fraction of sp³-hybridized carbons (Fsp3) is 0.400. The first-order valence-corrected chi connectivity index (χ1v) is 4.29. The minimum atomic E-state index is -0.175. The SMILES string of the molecule is C/C(=C\c1ccco1)CC(N)CO.Cl. The van der Waals surface area contributed by atoms with Gasteiger partial charge in [-0.15, -0.1) is 12.4 Å². The molecular formula is C10H16ClNO2. The van der Waals surface area contributed by atoms with Crippen molar-refractivity contribution in [1.82, 2.24) is 0 Å². The smallest absolute Gasteiger partial charge is 0.126 e. The van der Waals surface area contributed by atoms with Gasteiger partial charge in [0, 0.05) is 6.04 Å². The molecule has 1 heterocycles. The zero-order valence-corrected chi connectivity index (χ0v) is 8.96. The Hall–Kier alpha value is -0.770. The minimum Gasteiger partial charge on any atom is -0.465 e. The Bertz CT molecular complexity index is 270. The molecule has 1 rings (SSSR count). The molecule has 0 amide bonds. The number of rotatable bonds is 4. The lowest BCUT2D eigenvalue weighted by Crippen LogP contribution is -2.24. The summed E-state index contributed by atoms with van der Waals surface area (Å²) in [4.78, 5) is 0. The van der Waals surface area contributed by atoms with E-state index in [4.69, 9.17) is 15.3 Å². The summed E-state index contributed by atoms with van der Waals surface area (Å²) >= 11 is 0. The van der Waals surface area contributed by atoms with Crippen LogP contribution in [0.15, 0.2) is 28.4 Å². The van der Waals surface area contributed by atoms with Crippen molar-refractivity contribution in [2.75, 3.05) is 6.61 Å². The van der Waals surface area contributed by atoms with Gasteiger partial charge in [0.2, 0.25) is 0 Å². The van der Waals surface area contributed by atoms with Gasteiger partial charge in [-0.3, -0.25) is 0 Å². The number of hydrogen-bond acceptors (Lipinski definition) is 3. The second kappa shape index (κ2) is 6.65. The van der Waals surface area contributed by atoms with Gasteiger partial charge in [0.25, 0.3) is 0 Å². The van der Waals surface area contributed by atoms with Crippen LogP contribution >= 0.6 is 12.4 Å². The lowest BCUT2D eigenvalue weighted by molar-refractivity contribution is 0.265. The summed E-state index contributed by atoms with van der Waals surface area (Å²) in [6, 6.07) is 3.55. The standard InChI is InChI=1S/C10H15NO2.ClH/c1-8(5-9(11)7-12)6-10-3-2-4-13-10;/h2-4,6,9,12H,5,7,11H2,1H3;1H/b8-6+;. The van der Waals surface area contributed by atoms with Gasteiger partial charge in [-0.25, -0.2) is 0 Å². The molecule has 1 aromatic rings. The van der Waals surface area contributed by atoms with Gasteiger partial charge in [-0.2, -0.15) is 0 Å². The van der Waals surface area contributed by atoms with Crippen molar-refractivity contribution in [2.45, 2.75) is 19.4 Å². The van der Waals surface area contributed by atoms with E-state index in [2.05, 4.69) is 0 Å². The zero-order valence-electron chi connectivity index (χ0n) is 8.14. The predicted octanol–water partition coefficient (Wildman–Crippen LogP) is 1.81. The Morgan fingerprint density at radius 2 is 2.43 bits per heavy atom. The second-order valence-corrected chi connectivity index (χ2v) is 3.15. The highest BCUT2D eigenvalue weighted by Gasteiger charge is 2.01. The van der Waals surface area contributed by atoms with E-state index in [1.807, 2.05) is 25.1 Å². The number of halogens is 1. The van der Waals surface area contributed by atoms with Crippen molar-refractivity contribution in [2.24, 2.45) is 5.73 Å². The molecule has 80 valence electrons. The Labute approximate surface area is 90.0 Å². The number of aliphatic hydroxyl groups excluding tert-OH is 1. The van der Waals surface area contributed by atoms with Gasteiger partial charge >= 0.3 is 0 Å². The third kappa shape index (κ3) is 4.46. The van der Waals surface area contributed by atoms with Crippen LogP contribution in [0.4, 0.5) is 0 Å². The van der Waals surface area contributed by atoms with E-state index in [0.29, 0.717) is 6.42 Å². The van der Waals surface area contributed by atoms with Crippen LogP contribution in [0.1, 0.15) is 19.1 Å². The molecule has 1 aromatic heterocycles. The molecule has 3 nitrogen and oxygen atoms in total. The molecule has 1 atom stereocenters. The van der Waals surface area contributed by atoms with Gasteiger partial charge in [0.15, 0.2) is 0 Å². The summed E-state index contributed by atoms with van der Waals surface area (Å²) in [5, 5.41) is 8.73. The molecular weight excluding hydrogens is 202 g/mol. The fourth-order valence-corrected chi connectivity index (χ4v) is 1.15. The van der Waals surface area contributed by atoms with Crippen molar-refractivity contribution >= 4 is 18.5 Å². The molecule has 0 aliphatic carbocycles. The highest BCUT2D eigenvalue weighted by Crippen LogP contribution is 2.10. The number of nitrogens with two attached hydrogens (primary N) is 1. The lowest BCUT2D eigenvalue weighted by Gasteiger charge is -2.06. The van der Waals surface area contributed by atoms with Crippen molar-refractivity contribution < 1.29 is 9.52 Å². The highest BCUT2D eigenvalue weighted by molar-refractivity contribution is 5.85. The predicted molar refractivity (Wildman–Crippen MR) is 59.3 cm³/mol. The van der Waals surface area contributed by atoms with Crippen LogP contribution in [0.2, 0.25) is 0 Å². The average molecular weight is 218 g/mol. The van der Waals surface area contributed by atoms with Crippen LogP contribution < -0.4 is 5.73 Å². The van der Waals surface area contributed by atoms with Crippen molar-refractivity contribution in [3.8, 4) is 0 Å². The van der Waals surface area contributed by atoms with Gasteiger partial charge in [0.1, 0.15) is 5.76 Å². The summed E-state index contributed by atoms with van der Waals surface area (Å²) in [5.74, 6) is 0.822. The molecule has 14 heavy (non-hydrogen) atoms. The molecule has 0 spiro atoms. The van der Waals surface area contributed by atoms with Crippen LogP contribution in [0.25, 0.3) is 6.08 Å². The maximum Gasteiger partial charge on any atom is 0.126 e. The van der Waals surface area contributed by atoms with Gasteiger partial charge in [-0.1, -0.05) is 5.57 Å². The fourth-order valence-electron chi connectivity index (χ4n) is 1.15. The molecule has 0 bridgehead atoms. The van der Waals surface area contributed by atoms with Gasteiger partial charge in [-0.05, 0) is 31.6 Å². The van der Waals surface area contributed by atoms with Crippen molar-refractivity contribution in [3.63, 3.8) is 0 Å². The van der Waals surface area contributed by atoms with Crippen LogP contribution in [0, 0.1) is 0 Å². The largest absolute Gasteiger partial charge is 0.465 e. The highest BCUT2D eigenvalue weighted by atomic mass is 35.5. The molecule has 0 saturated heterocycles. The van der Waals surface area contributed by atoms with E-state index < -0.39 is 0 Å². The molecule has 1 unspecified atom stereocenters. The maximum absolute atomic E-state index is 8.73. The Morgan fingerprint density at radius 1 is 1.71 bits per heavy atom. The number of aliphatic hydroxyl groups is 1. The summed E-state index contributed by atoms with van der Waals surface area (Å²) in [6.45, 7) is 1.99. The molecule has 4 heteroatoms. The van der Waals surface area contributed by atoms with Crippen LogP contribution in [0.3, 0.4) is 0 Å². The first kappa shape index (κ1) is 13.2. The van der Waals surface area contributed by atoms with Gasteiger partial charge < -0.3 is 15.3 Å². The summed E-state index contributed by atoms with van der Waals surface area (Å²) in [6.07, 6.45) is 4.25. The molecule has 0 aliphatic heterocycles. The summed E-state index contributed by atoms with van der Waals surface area (Å²) in [5.41, 5.74) is 6.69. The third-order valence-corrected chi connectivity index (χ3v) is 1.75. The van der Waals surface area contributed by atoms with E-state index in [-0.39, 0.29) is 25.1 Å². The molecule has 3 N–H and O–H groups in total. The van der Waals surface area contributed by atoms with E-state index >= 15 is 0 Å². The molecule has 0 fully saturated rings. The Morgan fingerprint density at radius 3 is 2.93 bits per heavy atom. The normalized spacial score (nSPS) is 13.5. The monoisotopic (exact) mass is 217 g/mol. The van der Waals surface area contributed by atoms with Crippen LogP contribution in [-0.4, -0.2) is 17.8 Å². The average Bonchev–Trinajstić information content (AvgIpc) is 2.56. The van der Waals surface area contributed by atoms with Crippen LogP contribution in [0.5, 0.6) is 0 Å². The van der Waals surface area contributed by atoms with Crippen LogP contribution in [-0.2, 0) is 0 Å². The topological polar surface area (TPSA) is 59.4 Å². The van der Waals surface area contributed by atoms with E-state index in [0.717, 1.165) is 11.3 Å².